The molecule has 0 rings (SSSR count). The predicted molar refractivity (Wildman–Crippen MR) is 74.1 cm³/mol. The van der Waals surface area contributed by atoms with Gasteiger partial charge in [-0.1, -0.05) is 13.8 Å². The van der Waals surface area contributed by atoms with E-state index in [2.05, 4.69) is 13.5 Å². The van der Waals surface area contributed by atoms with Crippen molar-refractivity contribution in [3.8, 4) is 0 Å². The van der Waals surface area contributed by atoms with E-state index in [1.165, 1.54) is 0 Å². The Kier molecular flexibility index (Phi) is 12.2. The Labute approximate surface area is 106 Å². The summed E-state index contributed by atoms with van der Waals surface area (Å²) in [5.74, 6) is 0. The van der Waals surface area contributed by atoms with Crippen molar-refractivity contribution in [2.24, 2.45) is 19.1 Å². The lowest BCUT2D eigenvalue weighted by atomic mass is 10.5. The summed E-state index contributed by atoms with van der Waals surface area (Å²) in [4.78, 5) is 0. The van der Waals surface area contributed by atoms with Gasteiger partial charge >= 0.3 is 7.74 Å². The van der Waals surface area contributed by atoms with Crippen LogP contribution >= 0.6 is 33.7 Å². The summed E-state index contributed by atoms with van der Waals surface area (Å²) in [5.41, 5.74) is 5.15. The smallest absolute Gasteiger partial charge is 0.340 e. The van der Waals surface area contributed by atoms with Gasteiger partial charge in [0.25, 0.3) is 0 Å². The maximum absolute atomic E-state index is 13.9. The van der Waals surface area contributed by atoms with E-state index in [0.29, 0.717) is 13.0 Å². The first-order valence-corrected chi connectivity index (χ1v) is 9.10. The molecular weight excluding hydrogens is 303 g/mol. The van der Waals surface area contributed by atoms with E-state index < -0.39 is 7.74 Å². The van der Waals surface area contributed by atoms with Gasteiger partial charge in [0.2, 0.25) is 0 Å². The molecule has 0 saturated carbocycles. The van der Waals surface area contributed by atoms with Crippen molar-refractivity contribution in [1.29, 1.82) is 0 Å². The molecule has 2 N–H and O–H groups in total. The van der Waals surface area contributed by atoms with Gasteiger partial charge < -0.3 is 9.05 Å². The molecule has 11 heteroatoms. The van der Waals surface area contributed by atoms with Gasteiger partial charge in [0.1, 0.15) is 8.96 Å². The van der Waals surface area contributed by atoms with Crippen molar-refractivity contribution in [1.82, 2.24) is 0 Å². The molecule has 2 unspecified atom stereocenters. The molecule has 0 aromatic heterocycles. The first-order chi connectivity index (χ1) is 8.18. The van der Waals surface area contributed by atoms with Crippen molar-refractivity contribution >= 4 is 33.7 Å². The molecule has 0 spiro atoms. The summed E-state index contributed by atoms with van der Waals surface area (Å²) >= 11 is 0. The maximum atomic E-state index is 13.9. The van der Waals surface area contributed by atoms with Crippen LogP contribution in [0.5, 0.6) is 0 Å². The zero-order valence-electron chi connectivity index (χ0n) is 9.78. The third-order valence-corrected chi connectivity index (χ3v) is 5.26. The van der Waals surface area contributed by atoms with Crippen LogP contribution in [0.25, 0.3) is 0 Å². The number of nitrogens with two attached hydrogens (primary N) is 1. The third kappa shape index (κ3) is 10.3. The van der Waals surface area contributed by atoms with E-state index in [9.17, 15) is 4.20 Å². The Hall–Kier alpha value is 0.670. The van der Waals surface area contributed by atoms with Crippen LogP contribution in [0.15, 0.2) is 13.5 Å². The largest absolute Gasteiger partial charge is 0.389 e. The Morgan fingerprint density at radius 2 is 2.06 bits per heavy atom. The Bertz CT molecular complexity index is 302. The first kappa shape index (κ1) is 17.7. The number of nitrogens with zero attached hydrogens (tertiary/aromatic N) is 3. The predicted octanol–water partition coefficient (Wildman–Crippen LogP) is 5.31. The zero-order valence-corrected chi connectivity index (χ0v) is 13.5. The molecule has 0 aliphatic heterocycles. The van der Waals surface area contributed by atoms with Crippen LogP contribution in [-0.4, -0.2) is 13.2 Å². The topological polar surface area (TPSA) is 81.6 Å². The van der Waals surface area contributed by atoms with Gasteiger partial charge in [-0.15, -0.1) is 4.52 Å². The van der Waals surface area contributed by atoms with Crippen LogP contribution in [-0.2, 0) is 9.05 Å². The summed E-state index contributed by atoms with van der Waals surface area (Å²) < 4.78 is 35.1. The van der Waals surface area contributed by atoms with Crippen LogP contribution in [0, 0.1) is 0 Å². The summed E-state index contributed by atoms with van der Waals surface area (Å²) in [6.07, 6.45) is 1.63. The van der Waals surface area contributed by atoms with E-state index in [4.69, 9.17) is 14.6 Å². The molecule has 0 fully saturated rings. The Morgan fingerprint density at radius 3 is 2.65 bits per heavy atom. The average molecular weight is 320 g/mol. The lowest BCUT2D eigenvalue weighted by Gasteiger charge is -2.06. The van der Waals surface area contributed by atoms with Gasteiger partial charge in [-0.25, -0.2) is 0 Å². The fourth-order valence-electron chi connectivity index (χ4n) is 0.605. The molecular formula is C6H17FN4O2P4. The van der Waals surface area contributed by atoms with Gasteiger partial charge in [-0.3, -0.25) is 5.50 Å². The van der Waals surface area contributed by atoms with E-state index in [0.717, 1.165) is 6.42 Å². The fraction of sp³-hybridized carbons (Fsp3) is 1.00. The quantitative estimate of drug-likeness (QED) is 0.461. The molecule has 2 atom stereocenters. The van der Waals surface area contributed by atoms with Crippen LogP contribution in [0.3, 0.4) is 0 Å². The van der Waals surface area contributed by atoms with E-state index in [1.54, 1.807) is 0 Å². The molecule has 0 aliphatic carbocycles. The minimum atomic E-state index is -3.59. The molecule has 17 heavy (non-hydrogen) atoms. The van der Waals surface area contributed by atoms with Crippen molar-refractivity contribution in [3.63, 3.8) is 0 Å². The lowest BCUT2D eigenvalue weighted by molar-refractivity contribution is 0.325. The molecule has 0 aromatic rings. The molecule has 0 saturated heterocycles. The molecule has 6 nitrogen and oxygen atoms in total. The van der Waals surface area contributed by atoms with Gasteiger partial charge in [0, 0.05) is 0 Å². The zero-order chi connectivity index (χ0) is 13.0. The fourth-order valence-corrected chi connectivity index (χ4v) is 3.99. The summed E-state index contributed by atoms with van der Waals surface area (Å²) in [6.45, 7) is 4.80. The van der Waals surface area contributed by atoms with Gasteiger partial charge in [-0.2, -0.15) is 13.2 Å². The molecule has 0 amide bonds. The maximum Gasteiger partial charge on any atom is 0.389 e. The van der Waals surface area contributed by atoms with E-state index >= 15 is 0 Å². The van der Waals surface area contributed by atoms with Crippen molar-refractivity contribution < 1.29 is 13.2 Å². The van der Waals surface area contributed by atoms with Gasteiger partial charge in [-0.05, 0) is 12.8 Å². The molecule has 0 aliphatic rings. The van der Waals surface area contributed by atoms with Crippen molar-refractivity contribution in [2.75, 3.05) is 13.2 Å². The van der Waals surface area contributed by atoms with E-state index in [1.807, 2.05) is 13.8 Å². The van der Waals surface area contributed by atoms with Crippen LogP contribution in [0.1, 0.15) is 26.7 Å². The van der Waals surface area contributed by atoms with E-state index in [-0.39, 0.29) is 32.6 Å². The third-order valence-electron chi connectivity index (χ3n) is 1.23. The SMILES string of the molecule is CCCOP/N=P\N=P(F)(/N=P\N)OCCC. The highest BCUT2D eigenvalue weighted by Crippen LogP contribution is 2.58. The molecule has 0 heterocycles. The van der Waals surface area contributed by atoms with Gasteiger partial charge in [0.15, 0.2) is 8.52 Å². The van der Waals surface area contributed by atoms with Crippen LogP contribution in [0.2, 0.25) is 0 Å². The highest BCUT2D eigenvalue weighted by atomic mass is 31.2. The molecule has 0 aromatic carbocycles. The number of hydrogen-bond donors (Lipinski definition) is 1. The minimum absolute atomic E-state index is 0.0314. The lowest BCUT2D eigenvalue weighted by Crippen LogP contribution is -1.84. The number of hydrogen-bond acceptors (Lipinski definition) is 3. The second-order valence-corrected chi connectivity index (χ2v) is 7.05. The Morgan fingerprint density at radius 1 is 1.35 bits per heavy atom. The monoisotopic (exact) mass is 320 g/mol. The second-order valence-electron chi connectivity index (χ2n) is 2.73. The van der Waals surface area contributed by atoms with Crippen molar-refractivity contribution in [2.45, 2.75) is 26.7 Å². The van der Waals surface area contributed by atoms with Crippen molar-refractivity contribution in [3.05, 3.63) is 0 Å². The number of rotatable bonds is 9. The van der Waals surface area contributed by atoms with Crippen LogP contribution in [0.4, 0.5) is 4.20 Å². The Balaban J connectivity index is 4.28. The minimum Gasteiger partial charge on any atom is -0.340 e. The normalized spacial score (nSPS) is 16.2. The van der Waals surface area contributed by atoms with Crippen LogP contribution < -0.4 is 5.50 Å². The average Bonchev–Trinajstić information content (AvgIpc) is 2.32. The number of halogens is 1. The summed E-state index contributed by atoms with van der Waals surface area (Å²) in [6, 6.07) is 0. The standard InChI is InChI=1S/C6H17FN4O2P4/c1-3-5-12-16-9-15-11-17(7,10-14-8)13-6-4-2/h16H,3-6H2,1-2H3,(H2,8,10). The second kappa shape index (κ2) is 11.7. The molecule has 0 bridgehead atoms. The van der Waals surface area contributed by atoms with Gasteiger partial charge in [0.05, 0.1) is 21.7 Å². The molecule has 0 radical (unpaired) electrons. The summed E-state index contributed by atoms with van der Waals surface area (Å²) in [7, 11) is -3.29. The summed E-state index contributed by atoms with van der Waals surface area (Å²) in [5, 5.41) is 0. The first-order valence-electron chi connectivity index (χ1n) is 5.03. The highest BCUT2D eigenvalue weighted by Gasteiger charge is 2.17. The molecule has 100 valence electrons. The highest BCUT2D eigenvalue weighted by molar-refractivity contribution is 7.62.